The topological polar surface area (TPSA) is 121 Å². The number of hydrogen-bond donors (Lipinski definition) is 1. The fourth-order valence-electron chi connectivity index (χ4n) is 5.14. The van der Waals surface area contributed by atoms with Crippen molar-refractivity contribution in [3.8, 4) is 0 Å². The zero-order chi connectivity index (χ0) is 31.6. The number of nitrogens with one attached hydrogen (secondary N) is 1. The molecule has 0 aromatic heterocycles. The van der Waals surface area contributed by atoms with Gasteiger partial charge in [0.25, 0.3) is 0 Å². The Morgan fingerprint density at radius 2 is 1.44 bits per heavy atom. The molecular formula is C31H49NO11. The molecule has 1 aliphatic rings. The summed E-state index contributed by atoms with van der Waals surface area (Å²) in [4.78, 5) is 13.2. The van der Waals surface area contributed by atoms with Gasteiger partial charge in [-0.2, -0.15) is 0 Å². The predicted octanol–water partition coefficient (Wildman–Crippen LogP) is 2.72. The van der Waals surface area contributed by atoms with E-state index in [4.69, 9.17) is 47.4 Å². The molecule has 43 heavy (non-hydrogen) atoms. The van der Waals surface area contributed by atoms with E-state index in [0.717, 1.165) is 5.56 Å². The smallest absolute Gasteiger partial charge is 0.407 e. The first kappa shape index (κ1) is 36.8. The van der Waals surface area contributed by atoms with Gasteiger partial charge < -0.3 is 52.7 Å². The summed E-state index contributed by atoms with van der Waals surface area (Å²) >= 11 is 0. The monoisotopic (exact) mass is 611 g/mol. The lowest BCUT2D eigenvalue weighted by atomic mass is 9.90. The van der Waals surface area contributed by atoms with Crippen LogP contribution in [0.5, 0.6) is 0 Å². The molecule has 1 aromatic rings. The summed E-state index contributed by atoms with van der Waals surface area (Å²) < 4.78 is 58.0. The Morgan fingerprint density at radius 3 is 2.00 bits per heavy atom. The van der Waals surface area contributed by atoms with E-state index in [2.05, 4.69) is 18.5 Å². The van der Waals surface area contributed by atoms with E-state index in [1.165, 1.54) is 14.2 Å². The number of benzene rings is 1. The number of hydrogen-bond acceptors (Lipinski definition) is 11. The van der Waals surface area contributed by atoms with E-state index < -0.39 is 61.0 Å². The molecule has 0 bridgehead atoms. The molecule has 0 saturated carbocycles. The van der Waals surface area contributed by atoms with Gasteiger partial charge in [0.1, 0.15) is 48.8 Å². The number of methoxy groups -OCH3 is 6. The molecule has 0 radical (unpaired) electrons. The summed E-state index contributed by atoms with van der Waals surface area (Å²) in [5.41, 5.74) is 0.901. The molecule has 9 atom stereocenters. The van der Waals surface area contributed by atoms with Crippen molar-refractivity contribution in [2.45, 2.75) is 54.9 Å². The van der Waals surface area contributed by atoms with Crippen LogP contribution in [-0.4, -0.2) is 131 Å². The Hall–Kier alpha value is -2.39. The normalized spacial score (nSPS) is 24.8. The van der Waals surface area contributed by atoms with Crippen molar-refractivity contribution in [3.63, 3.8) is 0 Å². The predicted molar refractivity (Wildman–Crippen MR) is 159 cm³/mol. The van der Waals surface area contributed by atoms with Crippen molar-refractivity contribution in [3.05, 3.63) is 61.2 Å². The third-order valence-corrected chi connectivity index (χ3v) is 7.24. The Labute approximate surface area is 255 Å². The second-order valence-electron chi connectivity index (χ2n) is 9.76. The van der Waals surface area contributed by atoms with Gasteiger partial charge >= 0.3 is 6.09 Å². The largest absolute Gasteiger partial charge is 0.440 e. The lowest BCUT2D eigenvalue weighted by Gasteiger charge is -2.45. The summed E-state index contributed by atoms with van der Waals surface area (Å²) in [6.45, 7) is 8.44. The Kier molecular flexibility index (Phi) is 17.6. The molecule has 1 aliphatic heterocycles. The second kappa shape index (κ2) is 20.5. The van der Waals surface area contributed by atoms with Crippen LogP contribution >= 0.6 is 0 Å². The molecule has 0 spiro atoms. The minimum absolute atomic E-state index is 0.0425. The summed E-state index contributed by atoms with van der Waals surface area (Å²) in [6.07, 6.45) is -2.94. The van der Waals surface area contributed by atoms with Crippen LogP contribution in [-0.2, 0) is 47.4 Å². The van der Waals surface area contributed by atoms with E-state index in [1.54, 1.807) is 40.6 Å². The van der Waals surface area contributed by atoms with Gasteiger partial charge in [0.05, 0.1) is 26.4 Å². The van der Waals surface area contributed by atoms with Crippen LogP contribution in [0, 0.1) is 0 Å². The van der Waals surface area contributed by atoms with Gasteiger partial charge in [-0.3, -0.25) is 0 Å². The summed E-state index contributed by atoms with van der Waals surface area (Å²) in [5, 5.41) is 2.78. The SMILES string of the molecule is C=CCOC[C@H]1O[C@@H](c2ccccc2)[C@H](OC)[C@@H](OC)[C@@H]1OC(=O)NC[C@H](OC)[C@@H](OC)[C@H](OC)[C@@H](COCC=C)OC. The number of carbonyl (C=O) groups is 1. The maximum absolute atomic E-state index is 13.2. The van der Waals surface area contributed by atoms with Gasteiger partial charge in [0.15, 0.2) is 6.10 Å². The molecule has 12 heteroatoms. The van der Waals surface area contributed by atoms with Crippen LogP contribution in [0.1, 0.15) is 11.7 Å². The highest BCUT2D eigenvalue weighted by molar-refractivity contribution is 5.67. The molecule has 244 valence electrons. The lowest BCUT2D eigenvalue weighted by molar-refractivity contribution is -0.246. The first-order valence-electron chi connectivity index (χ1n) is 14.1. The van der Waals surface area contributed by atoms with E-state index in [1.807, 2.05) is 30.3 Å². The molecule has 0 aliphatic carbocycles. The van der Waals surface area contributed by atoms with Crippen LogP contribution in [0.2, 0.25) is 0 Å². The zero-order valence-electron chi connectivity index (χ0n) is 26.2. The molecular weight excluding hydrogens is 562 g/mol. The Bertz CT molecular complexity index is 920. The number of amides is 1. The van der Waals surface area contributed by atoms with Crippen molar-refractivity contribution in [2.75, 3.05) is 75.6 Å². The van der Waals surface area contributed by atoms with Crippen LogP contribution < -0.4 is 5.32 Å². The first-order valence-corrected chi connectivity index (χ1v) is 14.1. The second-order valence-corrected chi connectivity index (χ2v) is 9.76. The molecule has 2 rings (SSSR count). The number of alkyl carbamates (subject to hydrolysis) is 1. The average molecular weight is 612 g/mol. The van der Waals surface area contributed by atoms with Gasteiger partial charge in [0.2, 0.25) is 0 Å². The van der Waals surface area contributed by atoms with Crippen LogP contribution in [0.3, 0.4) is 0 Å². The molecule has 1 fully saturated rings. The summed E-state index contributed by atoms with van der Waals surface area (Å²) in [6, 6.07) is 9.66. The highest BCUT2D eigenvalue weighted by Gasteiger charge is 2.49. The summed E-state index contributed by atoms with van der Waals surface area (Å²) in [5.74, 6) is 0. The zero-order valence-corrected chi connectivity index (χ0v) is 26.2. The van der Waals surface area contributed by atoms with E-state index in [9.17, 15) is 4.79 Å². The molecule has 0 unspecified atom stereocenters. The minimum Gasteiger partial charge on any atom is -0.440 e. The lowest BCUT2D eigenvalue weighted by Crippen LogP contribution is -2.59. The molecule has 1 N–H and O–H groups in total. The quantitative estimate of drug-likeness (QED) is 0.163. The van der Waals surface area contributed by atoms with Crippen LogP contribution in [0.15, 0.2) is 55.6 Å². The van der Waals surface area contributed by atoms with Gasteiger partial charge in [-0.25, -0.2) is 4.79 Å². The number of rotatable bonds is 21. The molecule has 1 saturated heterocycles. The maximum atomic E-state index is 13.2. The van der Waals surface area contributed by atoms with Crippen molar-refractivity contribution in [2.24, 2.45) is 0 Å². The highest BCUT2D eigenvalue weighted by Crippen LogP contribution is 2.36. The van der Waals surface area contributed by atoms with Gasteiger partial charge in [-0.15, -0.1) is 13.2 Å². The number of ether oxygens (including phenoxy) is 10. The van der Waals surface area contributed by atoms with E-state index in [0.29, 0.717) is 13.2 Å². The van der Waals surface area contributed by atoms with Gasteiger partial charge in [-0.1, -0.05) is 42.5 Å². The fourth-order valence-corrected chi connectivity index (χ4v) is 5.14. The molecule has 1 heterocycles. The molecule has 12 nitrogen and oxygen atoms in total. The average Bonchev–Trinajstić information content (AvgIpc) is 3.04. The fraction of sp³-hybridized carbons (Fsp3) is 0.645. The van der Waals surface area contributed by atoms with Crippen molar-refractivity contribution >= 4 is 6.09 Å². The van der Waals surface area contributed by atoms with Crippen molar-refractivity contribution in [1.29, 1.82) is 0 Å². The van der Waals surface area contributed by atoms with Crippen molar-refractivity contribution in [1.82, 2.24) is 5.32 Å². The third kappa shape index (κ3) is 10.6. The van der Waals surface area contributed by atoms with Gasteiger partial charge in [-0.05, 0) is 5.56 Å². The summed E-state index contributed by atoms with van der Waals surface area (Å²) in [7, 11) is 9.26. The molecule has 1 amide bonds. The van der Waals surface area contributed by atoms with Crippen LogP contribution in [0.25, 0.3) is 0 Å². The Morgan fingerprint density at radius 1 is 0.837 bits per heavy atom. The van der Waals surface area contributed by atoms with Crippen LogP contribution in [0.4, 0.5) is 4.79 Å². The standard InChI is InChI=1S/C31H49NO11/c1-9-16-40-19-23(35-4)27(37-6)26(36-5)22(34-3)18-32-31(33)43-28-24(20-41-17-10-2)42-25(21-14-12-11-13-15-21)29(38-7)30(28)39-8/h9-15,22-30H,1-2,16-20H2,3-8H3,(H,32,33)/t22-,23+,24+,25-,26+,27+,28+,29-,30-/m0/s1. The minimum atomic E-state index is -0.856. The van der Waals surface area contributed by atoms with Crippen molar-refractivity contribution < 1.29 is 52.2 Å². The highest BCUT2D eigenvalue weighted by atomic mass is 16.6. The third-order valence-electron chi connectivity index (χ3n) is 7.24. The van der Waals surface area contributed by atoms with E-state index in [-0.39, 0.29) is 19.8 Å². The molecule has 1 aromatic carbocycles. The first-order chi connectivity index (χ1) is 20.9. The number of carbonyl (C=O) groups excluding carboxylic acids is 1. The van der Waals surface area contributed by atoms with E-state index >= 15 is 0 Å². The maximum Gasteiger partial charge on any atom is 0.407 e. The Balaban J connectivity index is 2.18. The van der Waals surface area contributed by atoms with Gasteiger partial charge in [0, 0.05) is 49.2 Å².